The predicted octanol–water partition coefficient (Wildman–Crippen LogP) is 3.39. The summed E-state index contributed by atoms with van der Waals surface area (Å²) in [6, 6.07) is 16.1. The van der Waals surface area contributed by atoms with Gasteiger partial charge in [-0.3, -0.25) is 0 Å². The van der Waals surface area contributed by atoms with Crippen molar-refractivity contribution >= 4 is 11.4 Å². The van der Waals surface area contributed by atoms with Gasteiger partial charge in [0.25, 0.3) is 0 Å². The van der Waals surface area contributed by atoms with E-state index in [2.05, 4.69) is 23.6 Å². The quantitative estimate of drug-likeness (QED) is 0.683. The third-order valence-corrected chi connectivity index (χ3v) is 3.52. The zero-order chi connectivity index (χ0) is 13.9. The van der Waals surface area contributed by atoms with E-state index in [4.69, 9.17) is 10.5 Å². The van der Waals surface area contributed by atoms with Crippen LogP contribution in [0.5, 0.6) is 5.75 Å². The van der Waals surface area contributed by atoms with Crippen molar-refractivity contribution in [1.82, 2.24) is 0 Å². The monoisotopic (exact) mass is 266 g/mol. The lowest BCUT2D eigenvalue weighted by Gasteiger charge is -2.36. The molecule has 0 fully saturated rings. The second kappa shape index (κ2) is 5.29. The van der Waals surface area contributed by atoms with Crippen LogP contribution in [0.15, 0.2) is 61.2 Å². The zero-order valence-electron chi connectivity index (χ0n) is 11.3. The SMILES string of the molecule is C=CCN1CC(c2ccccc2)Oc2cccc(N)c21. The van der Waals surface area contributed by atoms with E-state index in [1.54, 1.807) is 0 Å². The Kier molecular flexibility index (Phi) is 3.33. The van der Waals surface area contributed by atoms with E-state index in [0.717, 1.165) is 30.2 Å². The number of ether oxygens (including phenoxy) is 1. The number of hydrogen-bond acceptors (Lipinski definition) is 3. The molecule has 0 amide bonds. The summed E-state index contributed by atoms with van der Waals surface area (Å²) in [6.45, 7) is 5.36. The lowest BCUT2D eigenvalue weighted by atomic mass is 10.1. The first-order chi connectivity index (χ1) is 9.79. The van der Waals surface area contributed by atoms with E-state index in [1.807, 2.05) is 42.5 Å². The second-order valence-electron chi connectivity index (χ2n) is 4.90. The molecule has 0 aromatic heterocycles. The third-order valence-electron chi connectivity index (χ3n) is 3.52. The highest BCUT2D eigenvalue weighted by molar-refractivity contribution is 5.76. The molecule has 20 heavy (non-hydrogen) atoms. The van der Waals surface area contributed by atoms with Crippen LogP contribution in [-0.4, -0.2) is 13.1 Å². The molecule has 0 bridgehead atoms. The van der Waals surface area contributed by atoms with Crippen LogP contribution in [0.2, 0.25) is 0 Å². The number of fused-ring (bicyclic) bond motifs is 1. The van der Waals surface area contributed by atoms with Gasteiger partial charge in [0, 0.05) is 6.54 Å². The summed E-state index contributed by atoms with van der Waals surface area (Å²) in [6.07, 6.45) is 1.91. The third kappa shape index (κ3) is 2.23. The van der Waals surface area contributed by atoms with Crippen LogP contribution in [0.3, 0.4) is 0 Å². The van der Waals surface area contributed by atoms with Crippen molar-refractivity contribution in [3.8, 4) is 5.75 Å². The van der Waals surface area contributed by atoms with Gasteiger partial charge in [0.15, 0.2) is 0 Å². The summed E-state index contributed by atoms with van der Waals surface area (Å²) >= 11 is 0. The maximum absolute atomic E-state index is 6.12. The summed E-state index contributed by atoms with van der Waals surface area (Å²) in [5.41, 5.74) is 8.98. The molecule has 0 radical (unpaired) electrons. The van der Waals surface area contributed by atoms with Crippen LogP contribution < -0.4 is 15.4 Å². The summed E-state index contributed by atoms with van der Waals surface area (Å²) < 4.78 is 6.12. The average Bonchev–Trinajstić information content (AvgIpc) is 2.48. The van der Waals surface area contributed by atoms with Crippen LogP contribution in [-0.2, 0) is 0 Å². The molecule has 2 aromatic carbocycles. The Morgan fingerprint density at radius 2 is 2.00 bits per heavy atom. The van der Waals surface area contributed by atoms with E-state index >= 15 is 0 Å². The second-order valence-corrected chi connectivity index (χ2v) is 4.90. The van der Waals surface area contributed by atoms with Gasteiger partial charge in [-0.05, 0) is 17.7 Å². The Bertz CT molecular complexity index is 610. The molecular formula is C17H18N2O. The van der Waals surface area contributed by atoms with Crippen LogP contribution >= 0.6 is 0 Å². The molecule has 1 unspecified atom stereocenters. The van der Waals surface area contributed by atoms with Crippen molar-refractivity contribution in [2.45, 2.75) is 6.10 Å². The van der Waals surface area contributed by atoms with Gasteiger partial charge < -0.3 is 15.4 Å². The highest BCUT2D eigenvalue weighted by Gasteiger charge is 2.27. The largest absolute Gasteiger partial charge is 0.482 e. The van der Waals surface area contributed by atoms with Gasteiger partial charge in [-0.1, -0.05) is 42.5 Å². The fraction of sp³-hybridized carbons (Fsp3) is 0.176. The normalized spacial score (nSPS) is 17.2. The topological polar surface area (TPSA) is 38.5 Å². The average molecular weight is 266 g/mol. The maximum atomic E-state index is 6.12. The fourth-order valence-electron chi connectivity index (χ4n) is 2.62. The molecule has 1 aliphatic rings. The minimum absolute atomic E-state index is 0.0189. The zero-order valence-corrected chi connectivity index (χ0v) is 11.3. The minimum atomic E-state index is 0.0189. The van der Waals surface area contributed by atoms with Gasteiger partial charge in [-0.25, -0.2) is 0 Å². The number of nitrogens with two attached hydrogens (primary N) is 1. The Hall–Kier alpha value is -2.42. The van der Waals surface area contributed by atoms with Crippen LogP contribution in [0.25, 0.3) is 0 Å². The molecule has 1 atom stereocenters. The number of nitrogens with zero attached hydrogens (tertiary/aromatic N) is 1. The highest BCUT2D eigenvalue weighted by Crippen LogP contribution is 2.41. The Labute approximate surface area is 119 Å². The van der Waals surface area contributed by atoms with Gasteiger partial charge in [0.05, 0.1) is 12.2 Å². The Balaban J connectivity index is 1.99. The van der Waals surface area contributed by atoms with Crippen molar-refractivity contribution < 1.29 is 4.74 Å². The molecule has 0 saturated heterocycles. The first-order valence-electron chi connectivity index (χ1n) is 6.75. The summed E-state index contributed by atoms with van der Waals surface area (Å²) in [7, 11) is 0. The smallest absolute Gasteiger partial charge is 0.145 e. The van der Waals surface area contributed by atoms with E-state index in [0.29, 0.717) is 0 Å². The fourth-order valence-corrected chi connectivity index (χ4v) is 2.62. The standard InChI is InChI=1S/C17H18N2O/c1-2-11-19-12-16(13-7-4-3-5-8-13)20-15-10-6-9-14(18)17(15)19/h2-10,16H,1,11-12,18H2. The number of para-hydroxylation sites is 1. The van der Waals surface area contributed by atoms with Crippen LogP contribution in [0, 0.1) is 0 Å². The molecule has 1 aliphatic heterocycles. The van der Waals surface area contributed by atoms with Gasteiger partial charge in [-0.15, -0.1) is 6.58 Å². The Morgan fingerprint density at radius 1 is 1.20 bits per heavy atom. The molecule has 102 valence electrons. The molecule has 0 aliphatic carbocycles. The van der Waals surface area contributed by atoms with Crippen LogP contribution in [0.4, 0.5) is 11.4 Å². The van der Waals surface area contributed by atoms with Crippen molar-refractivity contribution in [2.75, 3.05) is 23.7 Å². The summed E-state index contributed by atoms with van der Waals surface area (Å²) in [5, 5.41) is 0. The maximum Gasteiger partial charge on any atom is 0.145 e. The summed E-state index contributed by atoms with van der Waals surface area (Å²) in [5.74, 6) is 0.840. The van der Waals surface area contributed by atoms with Crippen LogP contribution in [0.1, 0.15) is 11.7 Å². The minimum Gasteiger partial charge on any atom is -0.482 e. The molecule has 3 rings (SSSR count). The molecule has 2 aromatic rings. The van der Waals surface area contributed by atoms with Gasteiger partial charge in [-0.2, -0.15) is 0 Å². The van der Waals surface area contributed by atoms with Crippen molar-refractivity contribution in [3.63, 3.8) is 0 Å². The molecule has 2 N–H and O–H groups in total. The number of anilines is 2. The number of nitrogen functional groups attached to an aromatic ring is 1. The number of rotatable bonds is 3. The number of benzene rings is 2. The van der Waals surface area contributed by atoms with Crippen molar-refractivity contribution in [2.24, 2.45) is 0 Å². The Morgan fingerprint density at radius 3 is 2.75 bits per heavy atom. The van der Waals surface area contributed by atoms with E-state index in [9.17, 15) is 0 Å². The molecule has 3 nitrogen and oxygen atoms in total. The lowest BCUT2D eigenvalue weighted by Crippen LogP contribution is -2.35. The van der Waals surface area contributed by atoms with Gasteiger partial charge in [0.2, 0.25) is 0 Å². The molecular weight excluding hydrogens is 248 g/mol. The predicted molar refractivity (Wildman–Crippen MR) is 83.1 cm³/mol. The lowest BCUT2D eigenvalue weighted by molar-refractivity contribution is 0.199. The summed E-state index contributed by atoms with van der Waals surface area (Å²) in [4.78, 5) is 2.22. The first-order valence-corrected chi connectivity index (χ1v) is 6.75. The van der Waals surface area contributed by atoms with Gasteiger partial charge in [0.1, 0.15) is 17.5 Å². The molecule has 0 saturated carbocycles. The number of hydrogen-bond donors (Lipinski definition) is 1. The van der Waals surface area contributed by atoms with Gasteiger partial charge >= 0.3 is 0 Å². The highest BCUT2D eigenvalue weighted by atomic mass is 16.5. The molecule has 3 heteroatoms. The molecule has 1 heterocycles. The van der Waals surface area contributed by atoms with E-state index in [1.165, 1.54) is 5.56 Å². The molecule has 0 spiro atoms. The van der Waals surface area contributed by atoms with Crippen molar-refractivity contribution in [1.29, 1.82) is 0 Å². The van der Waals surface area contributed by atoms with E-state index in [-0.39, 0.29) is 6.10 Å². The first kappa shape index (κ1) is 12.6. The van der Waals surface area contributed by atoms with E-state index < -0.39 is 0 Å². The van der Waals surface area contributed by atoms with Crippen molar-refractivity contribution in [3.05, 3.63) is 66.7 Å².